The third kappa shape index (κ3) is 7.79. The first kappa shape index (κ1) is 19.9. The molecule has 0 unspecified atom stereocenters. The molecule has 0 aliphatic carbocycles. The van der Waals surface area contributed by atoms with Gasteiger partial charge in [-0.05, 0) is 34.8 Å². The normalized spacial score (nSPS) is 10.3. The van der Waals surface area contributed by atoms with Crippen LogP contribution in [0.1, 0.15) is 70.8 Å². The van der Waals surface area contributed by atoms with Gasteiger partial charge in [0.25, 0.3) is 0 Å². The van der Waals surface area contributed by atoms with Gasteiger partial charge in [-0.3, -0.25) is 0 Å². The molecule has 2 nitrogen and oxygen atoms in total. The molecule has 0 atom stereocenters. The molecule has 23 heavy (non-hydrogen) atoms. The van der Waals surface area contributed by atoms with Gasteiger partial charge in [0.15, 0.2) is 0 Å². The van der Waals surface area contributed by atoms with Crippen LogP contribution >= 0.6 is 15.9 Å². The first-order chi connectivity index (χ1) is 11.2. The van der Waals surface area contributed by atoms with Crippen LogP contribution in [0.25, 0.3) is 0 Å². The fourth-order valence-corrected chi connectivity index (χ4v) is 2.74. The van der Waals surface area contributed by atoms with Crippen molar-refractivity contribution in [1.82, 2.24) is 0 Å². The molecule has 0 saturated carbocycles. The van der Waals surface area contributed by atoms with E-state index in [0.29, 0.717) is 6.61 Å². The third-order valence-electron chi connectivity index (χ3n) is 3.70. The van der Waals surface area contributed by atoms with E-state index in [4.69, 9.17) is 15.9 Å². The summed E-state index contributed by atoms with van der Waals surface area (Å²) in [4.78, 5) is 0. The van der Waals surface area contributed by atoms with Crippen molar-refractivity contribution in [3.8, 4) is 23.8 Å². The van der Waals surface area contributed by atoms with Gasteiger partial charge in [0, 0.05) is 6.07 Å². The van der Waals surface area contributed by atoms with Crippen LogP contribution in [0.2, 0.25) is 0 Å². The highest BCUT2D eigenvalue weighted by atomic mass is 79.9. The molecule has 0 radical (unpaired) electrons. The standard InChI is InChI=1S/C20H29BrO2/c1-4-7-9-11-13-22-19-16-18(21)20(15-17(19)6-3)23-14-12-10-8-5-2/h3,15-16H,4-5,7-14H2,1-2H3. The minimum absolute atomic E-state index is 0.707. The minimum Gasteiger partial charge on any atom is -0.492 e. The number of unbranched alkanes of at least 4 members (excludes halogenated alkanes) is 6. The molecule has 1 aromatic rings. The van der Waals surface area contributed by atoms with Gasteiger partial charge in [-0.2, -0.15) is 0 Å². The van der Waals surface area contributed by atoms with E-state index in [2.05, 4.69) is 35.7 Å². The second kappa shape index (κ2) is 12.3. The summed E-state index contributed by atoms with van der Waals surface area (Å²) in [6.07, 6.45) is 15.1. The molecule has 0 aliphatic rings. The van der Waals surface area contributed by atoms with Crippen molar-refractivity contribution in [2.75, 3.05) is 13.2 Å². The number of ether oxygens (including phenoxy) is 2. The zero-order valence-electron chi connectivity index (χ0n) is 14.5. The Morgan fingerprint density at radius 1 is 0.870 bits per heavy atom. The summed E-state index contributed by atoms with van der Waals surface area (Å²) in [7, 11) is 0. The molecule has 0 amide bonds. The molecule has 0 aliphatic heterocycles. The Balaban J connectivity index is 2.55. The van der Waals surface area contributed by atoms with Crippen LogP contribution in [-0.2, 0) is 0 Å². The summed E-state index contributed by atoms with van der Waals surface area (Å²) in [5.74, 6) is 4.26. The van der Waals surface area contributed by atoms with Crippen molar-refractivity contribution in [2.45, 2.75) is 65.2 Å². The third-order valence-corrected chi connectivity index (χ3v) is 4.32. The van der Waals surface area contributed by atoms with E-state index in [1.165, 1.54) is 38.5 Å². The highest BCUT2D eigenvalue weighted by Gasteiger charge is 2.09. The maximum absolute atomic E-state index is 5.84. The number of terminal acetylenes is 1. The van der Waals surface area contributed by atoms with Gasteiger partial charge in [-0.25, -0.2) is 0 Å². The van der Waals surface area contributed by atoms with E-state index in [0.717, 1.165) is 41.0 Å². The van der Waals surface area contributed by atoms with E-state index in [1.54, 1.807) is 0 Å². The Bertz CT molecular complexity index is 491. The van der Waals surface area contributed by atoms with Crippen molar-refractivity contribution in [3.05, 3.63) is 22.2 Å². The Morgan fingerprint density at radius 2 is 1.43 bits per heavy atom. The summed E-state index contributed by atoms with van der Waals surface area (Å²) in [5.41, 5.74) is 0.757. The van der Waals surface area contributed by atoms with Gasteiger partial charge in [-0.1, -0.05) is 58.3 Å². The van der Waals surface area contributed by atoms with Crippen LogP contribution in [0.4, 0.5) is 0 Å². The number of halogens is 1. The number of rotatable bonds is 12. The molecule has 0 fully saturated rings. The van der Waals surface area contributed by atoms with Crippen LogP contribution in [0, 0.1) is 12.3 Å². The van der Waals surface area contributed by atoms with Gasteiger partial charge < -0.3 is 9.47 Å². The zero-order valence-corrected chi connectivity index (χ0v) is 16.1. The number of benzene rings is 1. The van der Waals surface area contributed by atoms with E-state index in [-0.39, 0.29) is 0 Å². The molecule has 1 aromatic carbocycles. The summed E-state index contributed by atoms with van der Waals surface area (Å²) in [6.45, 7) is 5.84. The molecular weight excluding hydrogens is 352 g/mol. The quantitative estimate of drug-likeness (QED) is 0.310. The van der Waals surface area contributed by atoms with Gasteiger partial charge >= 0.3 is 0 Å². The topological polar surface area (TPSA) is 18.5 Å². The van der Waals surface area contributed by atoms with Crippen molar-refractivity contribution in [3.63, 3.8) is 0 Å². The Kier molecular flexibility index (Phi) is 10.6. The van der Waals surface area contributed by atoms with Crippen LogP contribution in [0.5, 0.6) is 11.5 Å². The van der Waals surface area contributed by atoms with Crippen LogP contribution in [-0.4, -0.2) is 13.2 Å². The highest BCUT2D eigenvalue weighted by molar-refractivity contribution is 9.10. The van der Waals surface area contributed by atoms with Crippen LogP contribution < -0.4 is 9.47 Å². The lowest BCUT2D eigenvalue weighted by Crippen LogP contribution is -2.02. The van der Waals surface area contributed by atoms with E-state index in [9.17, 15) is 0 Å². The molecule has 0 N–H and O–H groups in total. The lowest BCUT2D eigenvalue weighted by Gasteiger charge is -2.13. The first-order valence-corrected chi connectivity index (χ1v) is 9.58. The minimum atomic E-state index is 0.707. The predicted octanol–water partition coefficient (Wildman–Crippen LogP) is 6.35. The number of hydrogen-bond donors (Lipinski definition) is 0. The van der Waals surface area contributed by atoms with Gasteiger partial charge in [0.2, 0.25) is 0 Å². The fraction of sp³-hybridized carbons (Fsp3) is 0.600. The average Bonchev–Trinajstić information content (AvgIpc) is 2.56. The second-order valence-electron chi connectivity index (χ2n) is 5.74. The van der Waals surface area contributed by atoms with Crippen molar-refractivity contribution >= 4 is 15.9 Å². The fourth-order valence-electron chi connectivity index (χ4n) is 2.30. The van der Waals surface area contributed by atoms with Crippen molar-refractivity contribution < 1.29 is 9.47 Å². The summed E-state index contributed by atoms with van der Waals surface area (Å²) in [5, 5.41) is 0. The Labute approximate surface area is 150 Å². The lowest BCUT2D eigenvalue weighted by atomic mass is 10.2. The van der Waals surface area contributed by atoms with Gasteiger partial charge in [0.05, 0.1) is 23.2 Å². The average molecular weight is 381 g/mol. The predicted molar refractivity (Wildman–Crippen MR) is 101 cm³/mol. The van der Waals surface area contributed by atoms with Crippen molar-refractivity contribution in [2.24, 2.45) is 0 Å². The zero-order chi connectivity index (χ0) is 16.9. The summed E-state index contributed by atoms with van der Waals surface area (Å²) >= 11 is 3.55. The first-order valence-electron chi connectivity index (χ1n) is 8.78. The van der Waals surface area contributed by atoms with Crippen LogP contribution in [0.15, 0.2) is 16.6 Å². The summed E-state index contributed by atoms with van der Waals surface area (Å²) < 4.78 is 12.6. The molecule has 0 saturated heterocycles. The molecule has 128 valence electrons. The van der Waals surface area contributed by atoms with Gasteiger partial charge in [-0.15, -0.1) is 6.42 Å². The molecule has 1 rings (SSSR count). The monoisotopic (exact) mass is 380 g/mol. The maximum Gasteiger partial charge on any atom is 0.136 e. The SMILES string of the molecule is C#Cc1cc(OCCCCCC)c(Br)cc1OCCCCCC. The van der Waals surface area contributed by atoms with E-state index >= 15 is 0 Å². The molecule has 0 heterocycles. The molecule has 0 spiro atoms. The van der Waals surface area contributed by atoms with E-state index < -0.39 is 0 Å². The molecule has 0 bridgehead atoms. The van der Waals surface area contributed by atoms with E-state index in [1.807, 2.05) is 12.1 Å². The Morgan fingerprint density at radius 3 is 1.96 bits per heavy atom. The molecule has 0 aromatic heterocycles. The second-order valence-corrected chi connectivity index (χ2v) is 6.60. The number of hydrogen-bond acceptors (Lipinski definition) is 2. The lowest BCUT2D eigenvalue weighted by molar-refractivity contribution is 0.295. The summed E-state index contributed by atoms with van der Waals surface area (Å²) in [6, 6.07) is 3.82. The smallest absolute Gasteiger partial charge is 0.136 e. The van der Waals surface area contributed by atoms with Crippen LogP contribution in [0.3, 0.4) is 0 Å². The molecular formula is C20H29BrO2. The van der Waals surface area contributed by atoms with Gasteiger partial charge in [0.1, 0.15) is 11.5 Å². The Hall–Kier alpha value is -1.14. The largest absolute Gasteiger partial charge is 0.492 e. The highest BCUT2D eigenvalue weighted by Crippen LogP contribution is 2.33. The van der Waals surface area contributed by atoms with Crippen molar-refractivity contribution in [1.29, 1.82) is 0 Å². The maximum atomic E-state index is 5.84. The molecule has 3 heteroatoms.